The van der Waals surface area contributed by atoms with Crippen LogP contribution in [0.5, 0.6) is 0 Å². The molecular weight excluding hydrogens is 310 g/mol. The van der Waals surface area contributed by atoms with E-state index < -0.39 is 23.7 Å². The lowest BCUT2D eigenvalue weighted by atomic mass is 10.0. The van der Waals surface area contributed by atoms with E-state index >= 15 is 0 Å². The van der Waals surface area contributed by atoms with Crippen molar-refractivity contribution in [2.45, 2.75) is 57.8 Å². The van der Waals surface area contributed by atoms with E-state index in [2.05, 4.69) is 6.92 Å². The quantitative estimate of drug-likeness (QED) is 0.505. The predicted octanol–water partition coefficient (Wildman–Crippen LogP) is 2.74. The average Bonchev–Trinajstić information content (AvgIpc) is 2.74. The standard InChI is InChI=1S/C15H20ClNO5/c1-2-3-4-5-6-7-12-11(18)8-10-14(21-12)22-15(20)17(10)9-13(16)19/h8,12,14H,2-7,9H2,1H3. The Hall–Kier alpha value is -1.40. The van der Waals surface area contributed by atoms with E-state index in [1.807, 2.05) is 0 Å². The number of rotatable bonds is 8. The van der Waals surface area contributed by atoms with E-state index in [4.69, 9.17) is 21.1 Å². The number of carbonyl (C=O) groups excluding carboxylic acids is 3. The molecule has 122 valence electrons. The number of carbonyl (C=O) groups is 3. The molecule has 0 aromatic heterocycles. The number of amides is 1. The van der Waals surface area contributed by atoms with Crippen molar-refractivity contribution in [2.24, 2.45) is 0 Å². The first-order valence-electron chi connectivity index (χ1n) is 7.60. The third-order valence-corrected chi connectivity index (χ3v) is 3.85. The largest absolute Gasteiger partial charge is 0.417 e. The maximum absolute atomic E-state index is 12.1. The van der Waals surface area contributed by atoms with E-state index in [0.717, 1.165) is 30.6 Å². The Kier molecular flexibility index (Phi) is 5.97. The molecule has 0 aromatic carbocycles. The molecule has 2 aliphatic rings. The van der Waals surface area contributed by atoms with E-state index in [9.17, 15) is 14.4 Å². The van der Waals surface area contributed by atoms with Crippen molar-refractivity contribution in [1.82, 2.24) is 4.90 Å². The molecule has 2 unspecified atom stereocenters. The highest BCUT2D eigenvalue weighted by Crippen LogP contribution is 2.30. The second-order valence-electron chi connectivity index (χ2n) is 5.46. The minimum absolute atomic E-state index is 0.202. The molecule has 1 saturated heterocycles. The Morgan fingerprint density at radius 3 is 2.68 bits per heavy atom. The predicted molar refractivity (Wildman–Crippen MR) is 79.2 cm³/mol. The van der Waals surface area contributed by atoms with Gasteiger partial charge in [-0.15, -0.1) is 0 Å². The van der Waals surface area contributed by atoms with Gasteiger partial charge in [0.25, 0.3) is 0 Å². The van der Waals surface area contributed by atoms with Crippen LogP contribution in [0.4, 0.5) is 4.79 Å². The van der Waals surface area contributed by atoms with Gasteiger partial charge in [0.2, 0.25) is 11.5 Å². The minimum atomic E-state index is -0.915. The fourth-order valence-electron chi connectivity index (χ4n) is 2.57. The molecule has 0 aliphatic carbocycles. The third-order valence-electron chi connectivity index (χ3n) is 3.73. The summed E-state index contributed by atoms with van der Waals surface area (Å²) in [5, 5.41) is -0.705. The van der Waals surface area contributed by atoms with Crippen LogP contribution >= 0.6 is 11.6 Å². The molecule has 0 bridgehead atoms. The SMILES string of the molecule is CCCCCCCC1OC2OC(=O)N(CC(=O)Cl)C2=CC1=O. The van der Waals surface area contributed by atoms with Crippen LogP contribution in [0.2, 0.25) is 0 Å². The van der Waals surface area contributed by atoms with Crippen molar-refractivity contribution in [3.05, 3.63) is 11.8 Å². The van der Waals surface area contributed by atoms with Gasteiger partial charge in [-0.1, -0.05) is 39.0 Å². The number of hydrogen-bond donors (Lipinski definition) is 0. The highest BCUT2D eigenvalue weighted by atomic mass is 35.5. The lowest BCUT2D eigenvalue weighted by molar-refractivity contribution is -0.147. The van der Waals surface area contributed by atoms with Gasteiger partial charge in [-0.05, 0) is 18.0 Å². The molecule has 22 heavy (non-hydrogen) atoms. The summed E-state index contributed by atoms with van der Waals surface area (Å²) in [7, 11) is 0. The van der Waals surface area contributed by atoms with Crippen LogP contribution in [0, 0.1) is 0 Å². The highest BCUT2D eigenvalue weighted by Gasteiger charge is 2.44. The molecule has 0 spiro atoms. The maximum Gasteiger partial charge on any atom is 0.417 e. The van der Waals surface area contributed by atoms with Crippen LogP contribution in [-0.4, -0.2) is 41.0 Å². The van der Waals surface area contributed by atoms with Crippen LogP contribution in [0.25, 0.3) is 0 Å². The van der Waals surface area contributed by atoms with Crippen molar-refractivity contribution < 1.29 is 23.9 Å². The summed E-state index contributed by atoms with van der Waals surface area (Å²) in [5.74, 6) is -0.202. The van der Waals surface area contributed by atoms with Gasteiger partial charge in [0.05, 0.1) is 5.70 Å². The van der Waals surface area contributed by atoms with Gasteiger partial charge in [0.1, 0.15) is 12.6 Å². The molecule has 2 atom stereocenters. The van der Waals surface area contributed by atoms with Crippen LogP contribution in [0.15, 0.2) is 11.8 Å². The van der Waals surface area contributed by atoms with E-state index in [1.165, 1.54) is 12.5 Å². The summed E-state index contributed by atoms with van der Waals surface area (Å²) in [5.41, 5.74) is 0.256. The zero-order valence-electron chi connectivity index (χ0n) is 12.5. The molecule has 7 heteroatoms. The van der Waals surface area contributed by atoms with Gasteiger partial charge in [0, 0.05) is 6.08 Å². The smallest absolute Gasteiger partial charge is 0.413 e. The van der Waals surface area contributed by atoms with E-state index in [1.54, 1.807) is 0 Å². The van der Waals surface area contributed by atoms with Gasteiger partial charge in [-0.3, -0.25) is 14.5 Å². The molecule has 2 heterocycles. The number of fused-ring (bicyclic) bond motifs is 1. The Morgan fingerprint density at radius 2 is 2.00 bits per heavy atom. The van der Waals surface area contributed by atoms with Gasteiger partial charge >= 0.3 is 6.09 Å². The first-order valence-corrected chi connectivity index (χ1v) is 7.98. The molecule has 2 aliphatic heterocycles. The van der Waals surface area contributed by atoms with Gasteiger partial charge < -0.3 is 9.47 Å². The van der Waals surface area contributed by atoms with Crippen LogP contribution < -0.4 is 0 Å². The molecule has 1 amide bonds. The Balaban J connectivity index is 1.92. The summed E-state index contributed by atoms with van der Waals surface area (Å²) in [6.45, 7) is 1.81. The number of ether oxygens (including phenoxy) is 2. The van der Waals surface area contributed by atoms with Crippen molar-refractivity contribution in [3.8, 4) is 0 Å². The molecule has 2 rings (SSSR count). The second kappa shape index (κ2) is 7.74. The van der Waals surface area contributed by atoms with Crippen molar-refractivity contribution in [1.29, 1.82) is 0 Å². The van der Waals surface area contributed by atoms with Crippen LogP contribution in [0.1, 0.15) is 45.4 Å². The lowest BCUT2D eigenvalue weighted by Crippen LogP contribution is -2.36. The number of nitrogens with zero attached hydrogens (tertiary/aromatic N) is 1. The first-order chi connectivity index (χ1) is 10.5. The Morgan fingerprint density at radius 1 is 1.27 bits per heavy atom. The molecule has 0 radical (unpaired) electrons. The summed E-state index contributed by atoms with van der Waals surface area (Å²) < 4.78 is 10.6. The molecular formula is C15H20ClNO5. The summed E-state index contributed by atoms with van der Waals surface area (Å²) in [4.78, 5) is 35.8. The Labute approximate surface area is 134 Å². The first kappa shape index (κ1) is 17.0. The van der Waals surface area contributed by atoms with Crippen molar-refractivity contribution in [3.63, 3.8) is 0 Å². The minimum Gasteiger partial charge on any atom is -0.413 e. The normalized spacial score (nSPS) is 24.1. The van der Waals surface area contributed by atoms with Crippen LogP contribution in [0.3, 0.4) is 0 Å². The van der Waals surface area contributed by atoms with Gasteiger partial charge in [0.15, 0.2) is 5.78 Å². The third kappa shape index (κ3) is 4.08. The molecule has 0 aromatic rings. The summed E-state index contributed by atoms with van der Waals surface area (Å²) >= 11 is 5.29. The highest BCUT2D eigenvalue weighted by molar-refractivity contribution is 6.64. The van der Waals surface area contributed by atoms with Crippen LogP contribution in [-0.2, 0) is 19.1 Å². The number of halogens is 1. The summed E-state index contributed by atoms with van der Waals surface area (Å²) in [6, 6.07) is 0. The maximum atomic E-state index is 12.1. The molecule has 0 saturated carbocycles. The van der Waals surface area contributed by atoms with E-state index in [-0.39, 0.29) is 18.0 Å². The fraction of sp³-hybridized carbons (Fsp3) is 0.667. The molecule has 6 nitrogen and oxygen atoms in total. The van der Waals surface area contributed by atoms with Crippen molar-refractivity contribution >= 4 is 28.7 Å². The van der Waals surface area contributed by atoms with Crippen molar-refractivity contribution in [2.75, 3.05) is 6.54 Å². The van der Waals surface area contributed by atoms with E-state index in [0.29, 0.717) is 6.42 Å². The monoisotopic (exact) mass is 329 g/mol. The molecule has 0 N–H and O–H groups in total. The van der Waals surface area contributed by atoms with Gasteiger partial charge in [-0.25, -0.2) is 4.79 Å². The fourth-order valence-corrected chi connectivity index (χ4v) is 2.69. The Bertz CT molecular complexity index is 490. The topological polar surface area (TPSA) is 72.9 Å². The average molecular weight is 330 g/mol. The number of hydrogen-bond acceptors (Lipinski definition) is 5. The summed E-state index contributed by atoms with van der Waals surface area (Å²) in [6.07, 6.45) is 5.15. The number of unbranched alkanes of at least 4 members (excludes halogenated alkanes) is 4. The lowest BCUT2D eigenvalue weighted by Gasteiger charge is -2.25. The zero-order chi connectivity index (χ0) is 16.1. The second-order valence-corrected chi connectivity index (χ2v) is 5.88. The molecule has 1 fully saturated rings. The zero-order valence-corrected chi connectivity index (χ0v) is 13.3. The van der Waals surface area contributed by atoms with Gasteiger partial charge in [-0.2, -0.15) is 0 Å². The number of ketones is 1.